The maximum absolute atomic E-state index is 13.1. The van der Waals surface area contributed by atoms with Crippen molar-refractivity contribution in [2.45, 2.75) is 20.0 Å². The molecule has 5 nitrogen and oxygen atoms in total. The first-order valence-electron chi connectivity index (χ1n) is 7.82. The number of hydrogen-bond acceptors (Lipinski definition) is 3. The third kappa shape index (κ3) is 3.23. The third-order valence-electron chi connectivity index (χ3n) is 4.16. The Morgan fingerprint density at radius 1 is 1.29 bits per heavy atom. The summed E-state index contributed by atoms with van der Waals surface area (Å²) in [5, 5.41) is 0. The van der Waals surface area contributed by atoms with Crippen LogP contribution in [0.2, 0.25) is 0 Å². The van der Waals surface area contributed by atoms with Crippen molar-refractivity contribution in [2.24, 2.45) is 0 Å². The Hall–Kier alpha value is -2.47. The van der Waals surface area contributed by atoms with Crippen LogP contribution in [-0.2, 0) is 4.74 Å². The Morgan fingerprint density at radius 3 is 2.67 bits per heavy atom. The van der Waals surface area contributed by atoms with E-state index in [1.165, 1.54) is 18.2 Å². The van der Waals surface area contributed by atoms with E-state index >= 15 is 0 Å². The number of hydrogen-bond donors (Lipinski definition) is 1. The van der Waals surface area contributed by atoms with Gasteiger partial charge in [-0.1, -0.05) is 12.1 Å². The number of nitrogens with zero attached hydrogens (tertiary/aromatic N) is 1. The van der Waals surface area contributed by atoms with Crippen molar-refractivity contribution in [1.82, 2.24) is 9.88 Å². The Labute approximate surface area is 139 Å². The van der Waals surface area contributed by atoms with E-state index in [1.807, 2.05) is 0 Å². The minimum Gasteiger partial charge on any atom is -0.370 e. The highest BCUT2D eigenvalue weighted by molar-refractivity contribution is 5.95. The van der Waals surface area contributed by atoms with Gasteiger partial charge >= 0.3 is 0 Å². The fourth-order valence-corrected chi connectivity index (χ4v) is 2.98. The zero-order valence-corrected chi connectivity index (χ0v) is 13.6. The van der Waals surface area contributed by atoms with Crippen molar-refractivity contribution in [2.75, 3.05) is 19.7 Å². The van der Waals surface area contributed by atoms with Gasteiger partial charge in [0.15, 0.2) is 5.43 Å². The summed E-state index contributed by atoms with van der Waals surface area (Å²) in [6, 6.07) is 7.47. The fraction of sp³-hybridized carbons (Fsp3) is 0.333. The molecule has 1 N–H and O–H groups in total. The molecule has 1 atom stereocenters. The maximum atomic E-state index is 13.1. The molecule has 1 aromatic heterocycles. The van der Waals surface area contributed by atoms with Gasteiger partial charge in [0.05, 0.1) is 13.2 Å². The Kier molecular flexibility index (Phi) is 4.49. The molecule has 24 heavy (non-hydrogen) atoms. The van der Waals surface area contributed by atoms with Gasteiger partial charge in [0, 0.05) is 24.0 Å². The van der Waals surface area contributed by atoms with Crippen molar-refractivity contribution < 1.29 is 13.9 Å². The standard InChI is InChI=1S/C18H19FN2O3/c1-11-9-15(22)17(12(2)20-11)18(23)21-7-8-24-16(10-21)13-3-5-14(19)6-4-13/h3-6,9,16H,7-8,10H2,1-2H3,(H,20,22)/t16-/m0/s1. The van der Waals surface area contributed by atoms with Crippen LogP contribution in [0.3, 0.4) is 0 Å². The molecular weight excluding hydrogens is 311 g/mol. The van der Waals surface area contributed by atoms with Crippen molar-refractivity contribution in [3.63, 3.8) is 0 Å². The number of pyridine rings is 1. The number of rotatable bonds is 2. The minimum atomic E-state index is -0.326. The highest BCUT2D eigenvalue weighted by Gasteiger charge is 2.28. The van der Waals surface area contributed by atoms with E-state index in [0.29, 0.717) is 25.4 Å². The van der Waals surface area contributed by atoms with Gasteiger partial charge in [-0.15, -0.1) is 0 Å². The van der Waals surface area contributed by atoms with Crippen LogP contribution in [0.5, 0.6) is 0 Å². The SMILES string of the molecule is Cc1cc(=O)c(C(=O)N2CCO[C@H](c3ccc(F)cc3)C2)c(C)[nH]1. The van der Waals surface area contributed by atoms with Crippen LogP contribution in [0.4, 0.5) is 4.39 Å². The predicted octanol–water partition coefficient (Wildman–Crippen LogP) is 2.34. The number of aromatic amines is 1. The number of morpholine rings is 1. The van der Waals surface area contributed by atoms with E-state index < -0.39 is 0 Å². The van der Waals surface area contributed by atoms with Crippen LogP contribution >= 0.6 is 0 Å². The summed E-state index contributed by atoms with van der Waals surface area (Å²) in [5.74, 6) is -0.617. The highest BCUT2D eigenvalue weighted by atomic mass is 19.1. The van der Waals surface area contributed by atoms with Crippen LogP contribution < -0.4 is 5.43 Å². The molecule has 1 aromatic carbocycles. The predicted molar refractivity (Wildman–Crippen MR) is 87.5 cm³/mol. The molecule has 0 radical (unpaired) electrons. The second-order valence-corrected chi connectivity index (χ2v) is 5.98. The van der Waals surface area contributed by atoms with Crippen LogP contribution in [0.15, 0.2) is 35.1 Å². The number of amides is 1. The molecular formula is C18H19FN2O3. The van der Waals surface area contributed by atoms with Crippen molar-refractivity contribution >= 4 is 5.91 Å². The normalized spacial score (nSPS) is 17.8. The zero-order chi connectivity index (χ0) is 17.3. The first-order chi connectivity index (χ1) is 11.5. The van der Waals surface area contributed by atoms with Crippen LogP contribution in [0, 0.1) is 19.7 Å². The number of H-pyrrole nitrogens is 1. The summed E-state index contributed by atoms with van der Waals surface area (Å²) in [5.41, 5.74) is 1.98. The lowest BCUT2D eigenvalue weighted by molar-refractivity contribution is -0.0229. The molecule has 0 unspecified atom stereocenters. The fourth-order valence-electron chi connectivity index (χ4n) is 2.98. The quantitative estimate of drug-likeness (QED) is 0.919. The molecule has 1 aliphatic heterocycles. The number of ether oxygens (including phenoxy) is 1. The van der Waals surface area contributed by atoms with Crippen molar-refractivity contribution in [3.8, 4) is 0 Å². The van der Waals surface area contributed by atoms with Crippen LogP contribution in [0.25, 0.3) is 0 Å². The van der Waals surface area contributed by atoms with Gasteiger partial charge in [0.25, 0.3) is 5.91 Å². The van der Waals surface area contributed by atoms with E-state index in [2.05, 4.69) is 4.98 Å². The second kappa shape index (κ2) is 6.57. The lowest BCUT2D eigenvalue weighted by Crippen LogP contribution is -2.44. The molecule has 1 fully saturated rings. The van der Waals surface area contributed by atoms with Gasteiger partial charge in [-0.3, -0.25) is 9.59 Å². The summed E-state index contributed by atoms with van der Waals surface area (Å²) >= 11 is 0. The molecule has 0 bridgehead atoms. The molecule has 1 aliphatic rings. The molecule has 1 saturated heterocycles. The molecule has 6 heteroatoms. The van der Waals surface area contributed by atoms with E-state index in [0.717, 1.165) is 11.3 Å². The van der Waals surface area contributed by atoms with E-state index in [-0.39, 0.29) is 28.8 Å². The first kappa shape index (κ1) is 16.4. The highest BCUT2D eigenvalue weighted by Crippen LogP contribution is 2.23. The number of aryl methyl sites for hydroxylation is 2. The average molecular weight is 330 g/mol. The molecule has 0 spiro atoms. The average Bonchev–Trinajstić information content (AvgIpc) is 2.54. The Morgan fingerprint density at radius 2 is 2.00 bits per heavy atom. The van der Waals surface area contributed by atoms with Crippen LogP contribution in [0.1, 0.15) is 33.4 Å². The molecule has 1 amide bonds. The second-order valence-electron chi connectivity index (χ2n) is 5.98. The Bertz CT molecular complexity index is 814. The number of nitrogens with one attached hydrogen (secondary N) is 1. The summed E-state index contributed by atoms with van der Waals surface area (Å²) in [7, 11) is 0. The zero-order valence-electron chi connectivity index (χ0n) is 13.6. The molecule has 3 rings (SSSR count). The molecule has 2 heterocycles. The Balaban J connectivity index is 1.83. The number of halogens is 1. The van der Waals surface area contributed by atoms with Gasteiger partial charge in [-0.25, -0.2) is 4.39 Å². The van der Waals surface area contributed by atoms with Crippen molar-refractivity contribution in [1.29, 1.82) is 0 Å². The number of carbonyl (C=O) groups excluding carboxylic acids is 1. The van der Waals surface area contributed by atoms with E-state index in [4.69, 9.17) is 4.74 Å². The molecule has 126 valence electrons. The van der Waals surface area contributed by atoms with Crippen LogP contribution in [-0.4, -0.2) is 35.5 Å². The van der Waals surface area contributed by atoms with Crippen molar-refractivity contribution in [3.05, 3.63) is 68.9 Å². The monoisotopic (exact) mass is 330 g/mol. The van der Waals surface area contributed by atoms with E-state index in [1.54, 1.807) is 30.9 Å². The van der Waals surface area contributed by atoms with Gasteiger partial charge in [-0.2, -0.15) is 0 Å². The third-order valence-corrected chi connectivity index (χ3v) is 4.16. The molecule has 0 saturated carbocycles. The summed E-state index contributed by atoms with van der Waals surface area (Å²) in [4.78, 5) is 29.6. The number of benzene rings is 1. The summed E-state index contributed by atoms with van der Waals surface area (Å²) < 4.78 is 18.8. The number of aromatic nitrogens is 1. The lowest BCUT2D eigenvalue weighted by Gasteiger charge is -2.33. The first-order valence-corrected chi connectivity index (χ1v) is 7.82. The van der Waals surface area contributed by atoms with Gasteiger partial charge in [0.2, 0.25) is 0 Å². The number of carbonyl (C=O) groups is 1. The summed E-state index contributed by atoms with van der Waals surface area (Å²) in [6.07, 6.45) is -0.326. The lowest BCUT2D eigenvalue weighted by atomic mass is 10.1. The molecule has 2 aromatic rings. The smallest absolute Gasteiger partial charge is 0.259 e. The van der Waals surface area contributed by atoms with Gasteiger partial charge in [0.1, 0.15) is 17.5 Å². The molecule has 0 aliphatic carbocycles. The largest absolute Gasteiger partial charge is 0.370 e. The summed E-state index contributed by atoms with van der Waals surface area (Å²) in [6.45, 7) is 4.62. The minimum absolute atomic E-state index is 0.167. The van der Waals surface area contributed by atoms with Gasteiger partial charge in [-0.05, 0) is 31.5 Å². The topological polar surface area (TPSA) is 62.4 Å². The van der Waals surface area contributed by atoms with E-state index in [9.17, 15) is 14.0 Å². The van der Waals surface area contributed by atoms with Gasteiger partial charge < -0.3 is 14.6 Å². The maximum Gasteiger partial charge on any atom is 0.259 e.